The van der Waals surface area contributed by atoms with Crippen molar-refractivity contribution in [1.82, 2.24) is 15.1 Å². The fraction of sp³-hybridized carbons (Fsp3) is 0.612. The molecule has 463 valence electrons. The largest absolute Gasteiger partial charge is 3.00 e. The van der Waals surface area contributed by atoms with E-state index in [0.29, 0.717) is 15.4 Å². The maximum Gasteiger partial charge on any atom is 3.00 e. The molecule has 0 spiro atoms. The van der Waals surface area contributed by atoms with Crippen LogP contribution in [0.25, 0.3) is 0 Å². The molecule has 2 bridgehead atoms. The molecule has 1 radical (unpaired) electrons. The molecule has 29 nitrogen and oxygen atoms in total. The third-order valence-electron chi connectivity index (χ3n) is 14.8. The smallest absolute Gasteiger partial charge is 0.810 e. The number of ketones is 1. The number of aliphatic hydroxyl groups excluding tert-OH is 3. The van der Waals surface area contributed by atoms with Crippen LogP contribution in [0.2, 0.25) is 0 Å². The third kappa shape index (κ3) is 24.0. The molecule has 11 atom stereocenters. The van der Waals surface area contributed by atoms with Gasteiger partial charge in [-0.3, -0.25) is 19.4 Å². The van der Waals surface area contributed by atoms with E-state index in [2.05, 4.69) is 5.32 Å². The summed E-state index contributed by atoms with van der Waals surface area (Å²) < 4.78 is 72.2. The standard InChI is InChI=1S/C43H53NO14.C6H20N2O12P4.5Na.Sm/c1-22-26(55-37(51)32(48)30(24-15-11-9-12-16-24)44-38(52)58-39(3,4)5)20-43(53)35(56-36(50)25-17-13-10-14-18-25)33-41(8,34(49)31(47)29(22)40(43,6)7)27(46)19-28-42(33,21-54-28)57-23(2)45;9-21(10,11)3-7(4-22(12,13)14)1-2-8(5-23(15,16)17)6-24(18,19)20;;;;;;/h9-18,26-28,30-33,35,46-48,53H,19-21H2,1-8H3,(H,44,52);1-6H2,(H2,9,10,11)(H2,12,13,14)(H2,15,16,17)(H2,18,19,20);;;;;;/q;;5*+1;+3/p-8/t26-,27-,28+,30-,31+,32+,33-,35-,41+,42-,43+;;;;;;;/m0......./s1/i;;;;;;;1+3. The molecular weight excluding hydrogens is 1440 g/mol. The number of hydrogen-bond donors (Lipinski definition) is 5. The number of esters is 3. The number of rotatable bonds is 19. The van der Waals surface area contributed by atoms with E-state index >= 15 is 0 Å². The Balaban J connectivity index is 0. The first-order valence-electron chi connectivity index (χ1n) is 25.2. The van der Waals surface area contributed by atoms with Gasteiger partial charge in [-0.1, -0.05) is 92.8 Å². The number of alkyl carbamates (subject to hydrolysis) is 1. The summed E-state index contributed by atoms with van der Waals surface area (Å²) in [6.07, 6.45) is -17.1. The van der Waals surface area contributed by atoms with E-state index in [1.54, 1.807) is 83.1 Å². The fourth-order valence-electron chi connectivity index (χ4n) is 11.2. The zero-order valence-corrected chi connectivity index (χ0v) is 67.3. The van der Waals surface area contributed by atoms with Crippen LogP contribution >= 0.6 is 30.4 Å². The van der Waals surface area contributed by atoms with Crippen molar-refractivity contribution >= 4 is 60.2 Å². The molecule has 3 fully saturated rings. The number of carbonyl (C=O) groups excluding carboxylic acids is 5. The molecule has 0 unspecified atom stereocenters. The number of fused-ring (bicyclic) bond motifs is 5. The van der Waals surface area contributed by atoms with Crippen LogP contribution in [0.15, 0.2) is 71.8 Å². The van der Waals surface area contributed by atoms with E-state index in [4.69, 9.17) is 23.7 Å². The Kier molecular flexibility index (Phi) is 38.1. The number of hydrogen-bond acceptors (Lipinski definition) is 28. The molecule has 2 aromatic rings. The fourth-order valence-corrected chi connectivity index (χ4v) is 14.4. The van der Waals surface area contributed by atoms with Gasteiger partial charge in [-0.25, -0.2) is 14.4 Å². The molecule has 4 aliphatic rings. The van der Waals surface area contributed by atoms with Crippen molar-refractivity contribution in [3.05, 3.63) is 82.9 Å². The Bertz CT molecular complexity index is 2840. The molecule has 0 aromatic heterocycles. The van der Waals surface area contributed by atoms with Crippen LogP contribution in [-0.4, -0.2) is 158 Å². The normalized spacial score (nSPS) is 26.2. The molecule has 3 aliphatic carbocycles. The van der Waals surface area contributed by atoms with Crippen molar-refractivity contribution < 1.29 is 314 Å². The first kappa shape index (κ1) is 92.2. The number of aliphatic hydroxyl groups is 4. The second-order valence-corrected chi connectivity index (χ2v) is 28.4. The van der Waals surface area contributed by atoms with Crippen LogP contribution < -0.4 is 192 Å². The van der Waals surface area contributed by atoms with Crippen molar-refractivity contribution in [1.29, 1.82) is 0 Å². The maximum atomic E-state index is 14.9. The number of carbonyl (C=O) groups is 5. The SMILES string of the molecule is CC(=O)O[C@@]12CO[C@@H]1C[C@H](O)[C@@]1(C)C(=O)[C@H](O)C3=C(C)[C@@H](OC(=O)[C@H](O)[C@@H](NC(=O)OC(C)(C)C)c4ccccc4)C[C@@](O)([C@@H](OC(=O)c4ccccc4)[C@H]21)C3(C)C.O=P([O-])([O-])CN(CCN(CP(=O)([O-])[O-])CP(=O)([O-])[O-])CP(=O)([O-])[O-].[153Sm+3].[Na+].[Na+].[Na+].[Na+].[Na+]. The van der Waals surface area contributed by atoms with Crippen molar-refractivity contribution in [2.45, 2.75) is 128 Å². The predicted molar refractivity (Wildman–Crippen MR) is 267 cm³/mol. The van der Waals surface area contributed by atoms with Gasteiger partial charge >= 0.3 is 212 Å². The zero-order valence-electron chi connectivity index (χ0n) is 51.1. The first-order chi connectivity index (χ1) is 37.4. The van der Waals surface area contributed by atoms with E-state index in [1.807, 2.05) is 0 Å². The number of nitrogens with zero attached hydrogens (tertiary/aromatic N) is 2. The topological polar surface area (TPSA) is 484 Å². The van der Waals surface area contributed by atoms with Crippen LogP contribution in [0.3, 0.4) is 0 Å². The van der Waals surface area contributed by atoms with Gasteiger partial charge in [0.25, 0.3) is 0 Å². The van der Waals surface area contributed by atoms with Crippen molar-refractivity contribution in [3.63, 3.8) is 0 Å². The predicted octanol–water partition coefficient (Wildman–Crippen LogP) is -18.6. The van der Waals surface area contributed by atoms with Gasteiger partial charge in [0.15, 0.2) is 17.5 Å². The number of Topliss-reactive ketones (excluding diaryl/α,β-unsaturated/α-hetero) is 1. The summed E-state index contributed by atoms with van der Waals surface area (Å²) in [4.78, 5) is 155. The Labute approximate surface area is 652 Å². The second kappa shape index (κ2) is 36.3. The summed E-state index contributed by atoms with van der Waals surface area (Å²) >= 11 is 0. The van der Waals surface area contributed by atoms with Gasteiger partial charge in [0.1, 0.15) is 35.6 Å². The van der Waals surface area contributed by atoms with Gasteiger partial charge < -0.3 is 107 Å². The van der Waals surface area contributed by atoms with Gasteiger partial charge in [0.05, 0.1) is 35.6 Å². The Morgan fingerprint density at radius 1 is 0.761 bits per heavy atom. The third-order valence-corrected chi connectivity index (χ3v) is 17.8. The van der Waals surface area contributed by atoms with Crippen LogP contribution in [0, 0.1) is 57.1 Å². The monoisotopic (exact) mass is 1500 g/mol. The molecule has 1 saturated heterocycles. The zero-order chi connectivity index (χ0) is 62.1. The van der Waals surface area contributed by atoms with E-state index in [0.717, 1.165) is 6.92 Å². The summed E-state index contributed by atoms with van der Waals surface area (Å²) in [6.45, 7) is 10.2. The summed E-state index contributed by atoms with van der Waals surface area (Å²) in [5.41, 5.74) is -8.14. The quantitative estimate of drug-likeness (QED) is 0.0287. The van der Waals surface area contributed by atoms with Crippen molar-refractivity contribution in [2.24, 2.45) is 16.7 Å². The minimum absolute atomic E-state index is 0. The molecule has 1 aliphatic heterocycles. The van der Waals surface area contributed by atoms with Crippen LogP contribution in [0.1, 0.15) is 90.2 Å². The molecule has 39 heteroatoms. The van der Waals surface area contributed by atoms with E-state index in [9.17, 15) is 102 Å². The molecule has 2 aromatic carbocycles. The van der Waals surface area contributed by atoms with Gasteiger partial charge in [0, 0.05) is 63.4 Å². The van der Waals surface area contributed by atoms with Crippen molar-refractivity contribution in [3.8, 4) is 0 Å². The first-order valence-corrected chi connectivity index (χ1v) is 32.1. The molecule has 1 amide bonds. The molecule has 2 saturated carbocycles. The number of benzene rings is 2. The van der Waals surface area contributed by atoms with Crippen LogP contribution in [0.5, 0.6) is 0 Å². The summed E-state index contributed by atoms with van der Waals surface area (Å²) in [5.74, 6) is -5.36. The summed E-state index contributed by atoms with van der Waals surface area (Å²) in [5, 5.41) is 51.6. The maximum absolute atomic E-state index is 14.9. The van der Waals surface area contributed by atoms with E-state index < -0.39 is 181 Å². The molecular formula is C49H65N3Na5O26P4Sm. The Morgan fingerprint density at radius 2 is 1.20 bits per heavy atom. The second-order valence-electron chi connectivity index (χ2n) is 22.4. The van der Waals surface area contributed by atoms with E-state index in [1.165, 1.54) is 26.0 Å². The number of nitrogens with one attached hydrogen (secondary N) is 1. The average Bonchev–Trinajstić information content (AvgIpc) is 0.744. The Hall–Kier alpha value is 2.19. The van der Waals surface area contributed by atoms with Crippen LogP contribution in [-0.2, 0) is 56.3 Å². The number of amides is 1. The summed E-state index contributed by atoms with van der Waals surface area (Å²) in [6, 6.07) is 14.6. The molecule has 88 heavy (non-hydrogen) atoms. The molecule has 1 heterocycles. The number of ether oxygens (including phenoxy) is 5. The molecule has 5 N–H and O–H groups in total. The Morgan fingerprint density at radius 3 is 1.60 bits per heavy atom. The molecule has 6 rings (SSSR count). The van der Waals surface area contributed by atoms with Gasteiger partial charge in [-0.2, -0.15) is 0 Å². The van der Waals surface area contributed by atoms with Gasteiger partial charge in [-0.05, 0) is 63.5 Å². The minimum Gasteiger partial charge on any atom is -0.810 e. The summed E-state index contributed by atoms with van der Waals surface area (Å²) in [7, 11) is -21.2. The van der Waals surface area contributed by atoms with Gasteiger partial charge in [-0.15, -0.1) is 0 Å². The van der Waals surface area contributed by atoms with Crippen molar-refractivity contribution in [2.75, 3.05) is 44.8 Å². The van der Waals surface area contributed by atoms with E-state index in [-0.39, 0.29) is 218 Å². The average molecular weight is 1500 g/mol. The van der Waals surface area contributed by atoms with Gasteiger partial charge in [0.2, 0.25) is 0 Å². The van der Waals surface area contributed by atoms with Crippen LogP contribution in [0.4, 0.5) is 4.79 Å². The minimum atomic E-state index is -5.30.